The van der Waals surface area contributed by atoms with Crippen LogP contribution in [0.25, 0.3) is 16.7 Å². The molecule has 3 aromatic heterocycles. The summed E-state index contributed by atoms with van der Waals surface area (Å²) in [5.74, 6) is 1.04. The number of nitrogens with zero attached hydrogens (tertiary/aromatic N) is 5. The van der Waals surface area contributed by atoms with Crippen molar-refractivity contribution in [1.82, 2.24) is 24.5 Å². The zero-order chi connectivity index (χ0) is 15.4. The summed E-state index contributed by atoms with van der Waals surface area (Å²) in [6.45, 7) is 6.50. The SMILES string of the molecule is Cc1nn(-c2cc3cn(C)nc3nc2C2CC2)cc1C(C)C. The van der Waals surface area contributed by atoms with Crippen molar-refractivity contribution in [3.05, 3.63) is 35.4 Å². The van der Waals surface area contributed by atoms with Gasteiger partial charge in [0, 0.05) is 30.7 Å². The molecule has 22 heavy (non-hydrogen) atoms. The van der Waals surface area contributed by atoms with Crippen LogP contribution >= 0.6 is 0 Å². The number of fused-ring (bicyclic) bond motifs is 1. The molecule has 0 aromatic carbocycles. The summed E-state index contributed by atoms with van der Waals surface area (Å²) in [6.07, 6.45) is 6.61. The van der Waals surface area contributed by atoms with Gasteiger partial charge in [0.15, 0.2) is 5.65 Å². The molecule has 3 heterocycles. The van der Waals surface area contributed by atoms with Crippen molar-refractivity contribution in [2.45, 2.75) is 45.4 Å². The van der Waals surface area contributed by atoms with Crippen LogP contribution in [0.5, 0.6) is 0 Å². The highest BCUT2D eigenvalue weighted by Gasteiger charge is 2.29. The molecule has 0 aliphatic heterocycles. The van der Waals surface area contributed by atoms with E-state index < -0.39 is 0 Å². The minimum atomic E-state index is 0.480. The summed E-state index contributed by atoms with van der Waals surface area (Å²) < 4.78 is 3.84. The van der Waals surface area contributed by atoms with Gasteiger partial charge in [0.2, 0.25) is 0 Å². The summed E-state index contributed by atoms with van der Waals surface area (Å²) in [6, 6.07) is 2.18. The molecule has 0 atom stereocenters. The fraction of sp³-hybridized carbons (Fsp3) is 0.471. The number of hydrogen-bond acceptors (Lipinski definition) is 3. The maximum absolute atomic E-state index is 4.83. The third kappa shape index (κ3) is 2.12. The molecule has 1 aliphatic carbocycles. The average molecular weight is 295 g/mol. The van der Waals surface area contributed by atoms with Gasteiger partial charge in [0.05, 0.1) is 17.1 Å². The van der Waals surface area contributed by atoms with Crippen molar-refractivity contribution in [2.24, 2.45) is 7.05 Å². The fourth-order valence-corrected chi connectivity index (χ4v) is 3.08. The Kier molecular flexibility index (Phi) is 2.86. The van der Waals surface area contributed by atoms with E-state index in [0.29, 0.717) is 11.8 Å². The second kappa shape index (κ2) is 4.66. The molecule has 4 rings (SSSR count). The van der Waals surface area contributed by atoms with Crippen LogP contribution in [-0.4, -0.2) is 24.5 Å². The van der Waals surface area contributed by atoms with Gasteiger partial charge in [-0.1, -0.05) is 13.8 Å². The van der Waals surface area contributed by atoms with Crippen molar-refractivity contribution in [3.63, 3.8) is 0 Å². The van der Waals surface area contributed by atoms with Crippen molar-refractivity contribution in [3.8, 4) is 5.69 Å². The summed E-state index contributed by atoms with van der Waals surface area (Å²) in [4.78, 5) is 4.83. The molecule has 0 N–H and O–H groups in total. The zero-order valence-electron chi connectivity index (χ0n) is 13.5. The molecule has 5 heteroatoms. The van der Waals surface area contributed by atoms with Crippen molar-refractivity contribution >= 4 is 11.0 Å². The molecule has 1 fully saturated rings. The lowest BCUT2D eigenvalue weighted by atomic mass is 10.1. The maximum atomic E-state index is 4.83. The Morgan fingerprint density at radius 2 is 1.95 bits per heavy atom. The Balaban J connectivity index is 1.92. The van der Waals surface area contributed by atoms with E-state index in [4.69, 9.17) is 10.1 Å². The van der Waals surface area contributed by atoms with Crippen LogP contribution in [-0.2, 0) is 7.05 Å². The third-order valence-electron chi connectivity index (χ3n) is 4.39. The first kappa shape index (κ1) is 13.5. The Bertz CT molecular complexity index is 851. The predicted octanol–water partition coefficient (Wildman–Crippen LogP) is 3.46. The lowest BCUT2D eigenvalue weighted by Crippen LogP contribution is -2.02. The number of hydrogen-bond donors (Lipinski definition) is 0. The van der Waals surface area contributed by atoms with Crippen LogP contribution in [0.3, 0.4) is 0 Å². The highest BCUT2D eigenvalue weighted by Crippen LogP contribution is 2.42. The Morgan fingerprint density at radius 1 is 1.18 bits per heavy atom. The Morgan fingerprint density at radius 3 is 2.59 bits per heavy atom. The summed E-state index contributed by atoms with van der Waals surface area (Å²) in [5.41, 5.74) is 5.49. The number of pyridine rings is 1. The number of aromatic nitrogens is 5. The van der Waals surface area contributed by atoms with Gasteiger partial charge in [-0.05, 0) is 37.3 Å². The van der Waals surface area contributed by atoms with Gasteiger partial charge in [0.1, 0.15) is 0 Å². The van der Waals surface area contributed by atoms with E-state index in [-0.39, 0.29) is 0 Å². The predicted molar refractivity (Wildman–Crippen MR) is 86.4 cm³/mol. The second-order valence-corrected chi connectivity index (χ2v) is 6.65. The molecule has 0 bridgehead atoms. The van der Waals surface area contributed by atoms with Crippen LogP contribution < -0.4 is 0 Å². The van der Waals surface area contributed by atoms with Crippen LogP contribution in [0.2, 0.25) is 0 Å². The molecule has 0 spiro atoms. The van der Waals surface area contributed by atoms with Gasteiger partial charge in [-0.15, -0.1) is 0 Å². The smallest absolute Gasteiger partial charge is 0.181 e. The standard InChI is InChI=1S/C17H21N5/c1-10(2)14-9-22(19-11(14)3)15-7-13-8-21(4)20-17(13)18-16(15)12-5-6-12/h7-10,12H,5-6H2,1-4H3. The largest absolute Gasteiger partial charge is 0.273 e. The van der Waals surface area contributed by atoms with Gasteiger partial charge >= 0.3 is 0 Å². The first-order valence-corrected chi connectivity index (χ1v) is 7.93. The summed E-state index contributed by atoms with van der Waals surface area (Å²) >= 11 is 0. The molecule has 5 nitrogen and oxygen atoms in total. The second-order valence-electron chi connectivity index (χ2n) is 6.65. The van der Waals surface area contributed by atoms with E-state index in [0.717, 1.165) is 28.1 Å². The first-order chi connectivity index (χ1) is 10.5. The van der Waals surface area contributed by atoms with E-state index in [9.17, 15) is 0 Å². The Hall–Kier alpha value is -2.17. The molecule has 0 amide bonds. The van der Waals surface area contributed by atoms with Crippen LogP contribution in [0.1, 0.15) is 55.5 Å². The normalized spacial score (nSPS) is 15.1. The van der Waals surface area contributed by atoms with E-state index in [1.807, 2.05) is 22.6 Å². The van der Waals surface area contributed by atoms with Gasteiger partial charge in [-0.25, -0.2) is 9.67 Å². The number of rotatable bonds is 3. The highest BCUT2D eigenvalue weighted by atomic mass is 15.3. The highest BCUT2D eigenvalue weighted by molar-refractivity contribution is 5.77. The molecular formula is C17H21N5. The van der Waals surface area contributed by atoms with Crippen LogP contribution in [0.15, 0.2) is 18.5 Å². The average Bonchev–Trinajstić information content (AvgIpc) is 3.13. The minimum Gasteiger partial charge on any atom is -0.273 e. The number of aryl methyl sites for hydroxylation is 2. The summed E-state index contributed by atoms with van der Waals surface area (Å²) in [5, 5.41) is 10.3. The molecule has 0 unspecified atom stereocenters. The monoisotopic (exact) mass is 295 g/mol. The first-order valence-electron chi connectivity index (χ1n) is 7.93. The lowest BCUT2D eigenvalue weighted by molar-refractivity contribution is 0.773. The fourth-order valence-electron chi connectivity index (χ4n) is 3.08. The molecule has 1 aliphatic rings. The lowest BCUT2D eigenvalue weighted by Gasteiger charge is -2.08. The molecule has 1 saturated carbocycles. The molecule has 3 aromatic rings. The quantitative estimate of drug-likeness (QED) is 0.743. The van der Waals surface area contributed by atoms with E-state index >= 15 is 0 Å². The zero-order valence-corrected chi connectivity index (χ0v) is 13.5. The van der Waals surface area contributed by atoms with Gasteiger partial charge in [-0.3, -0.25) is 4.68 Å². The topological polar surface area (TPSA) is 48.5 Å². The molecule has 0 saturated heterocycles. The van der Waals surface area contributed by atoms with Crippen LogP contribution in [0, 0.1) is 6.92 Å². The van der Waals surface area contributed by atoms with Gasteiger partial charge in [-0.2, -0.15) is 10.2 Å². The molecule has 114 valence electrons. The molecular weight excluding hydrogens is 274 g/mol. The minimum absolute atomic E-state index is 0.480. The summed E-state index contributed by atoms with van der Waals surface area (Å²) in [7, 11) is 1.94. The van der Waals surface area contributed by atoms with Crippen molar-refractivity contribution < 1.29 is 0 Å². The maximum Gasteiger partial charge on any atom is 0.181 e. The van der Waals surface area contributed by atoms with Gasteiger partial charge in [0.25, 0.3) is 0 Å². The molecule has 0 radical (unpaired) electrons. The third-order valence-corrected chi connectivity index (χ3v) is 4.39. The van der Waals surface area contributed by atoms with E-state index in [1.165, 1.54) is 18.4 Å². The van der Waals surface area contributed by atoms with Crippen molar-refractivity contribution in [2.75, 3.05) is 0 Å². The Labute approximate surface area is 130 Å². The van der Waals surface area contributed by atoms with Crippen molar-refractivity contribution in [1.29, 1.82) is 0 Å². The van der Waals surface area contributed by atoms with E-state index in [2.05, 4.69) is 38.1 Å². The van der Waals surface area contributed by atoms with Gasteiger partial charge < -0.3 is 0 Å². The van der Waals surface area contributed by atoms with E-state index in [1.54, 1.807) is 0 Å². The van der Waals surface area contributed by atoms with Crippen LogP contribution in [0.4, 0.5) is 0 Å².